The molecule has 57 heavy (non-hydrogen) atoms. The Morgan fingerprint density at radius 1 is 0.684 bits per heavy atom. The highest BCUT2D eigenvalue weighted by molar-refractivity contribution is 5.97. The first-order valence-electron chi connectivity index (χ1n) is 18.1. The van der Waals surface area contributed by atoms with E-state index in [1.54, 1.807) is 0 Å². The summed E-state index contributed by atoms with van der Waals surface area (Å²) in [7, 11) is 0. The summed E-state index contributed by atoms with van der Waals surface area (Å²) >= 11 is 0. The van der Waals surface area contributed by atoms with Crippen molar-refractivity contribution in [3.63, 3.8) is 0 Å². The van der Waals surface area contributed by atoms with Crippen LogP contribution in [0.3, 0.4) is 0 Å². The number of likely N-dealkylation sites (tertiary alicyclic amines) is 1. The fourth-order valence-electron chi connectivity index (χ4n) is 6.34. The summed E-state index contributed by atoms with van der Waals surface area (Å²) in [6.45, 7) is 0.252. The number of nitrogens with two attached hydrogens (primary N) is 2. The Hall–Kier alpha value is -6.91. The molecule has 5 heterocycles. The van der Waals surface area contributed by atoms with Gasteiger partial charge in [0.2, 0.25) is 35.4 Å². The third-order valence-corrected chi connectivity index (χ3v) is 9.28. The minimum Gasteiger partial charge on any atom is -0.480 e. The fourth-order valence-corrected chi connectivity index (χ4v) is 6.34. The molecule has 1 aliphatic heterocycles. The third-order valence-electron chi connectivity index (χ3n) is 9.28. The number of aromatic amines is 4. The first-order valence-corrected chi connectivity index (χ1v) is 18.1. The highest BCUT2D eigenvalue weighted by Crippen LogP contribution is 2.20. The van der Waals surface area contributed by atoms with Crippen molar-refractivity contribution in [3.8, 4) is 0 Å². The van der Waals surface area contributed by atoms with E-state index in [4.69, 9.17) is 11.5 Å². The smallest absolute Gasteiger partial charge is 0.326 e. The van der Waals surface area contributed by atoms with Gasteiger partial charge in [0.25, 0.3) is 0 Å². The van der Waals surface area contributed by atoms with E-state index in [1.807, 2.05) is 0 Å². The van der Waals surface area contributed by atoms with Crippen LogP contribution in [0.4, 0.5) is 0 Å². The molecule has 5 rings (SSSR count). The van der Waals surface area contributed by atoms with E-state index in [0.29, 0.717) is 29.2 Å². The molecule has 1 saturated heterocycles. The second-order valence-electron chi connectivity index (χ2n) is 13.5. The van der Waals surface area contributed by atoms with Crippen molar-refractivity contribution in [2.75, 3.05) is 6.54 Å². The summed E-state index contributed by atoms with van der Waals surface area (Å²) < 4.78 is 0. The van der Waals surface area contributed by atoms with Crippen molar-refractivity contribution in [1.29, 1.82) is 0 Å². The van der Waals surface area contributed by atoms with Gasteiger partial charge in [0.05, 0.1) is 31.4 Å². The van der Waals surface area contributed by atoms with Crippen molar-refractivity contribution < 1.29 is 38.7 Å². The fraction of sp³-hybridized carbons (Fsp3) is 0.441. The summed E-state index contributed by atoms with van der Waals surface area (Å²) in [5.74, 6) is -5.79. The van der Waals surface area contributed by atoms with Crippen molar-refractivity contribution in [2.45, 2.75) is 87.6 Å². The van der Waals surface area contributed by atoms with Crippen LogP contribution < -0.4 is 32.7 Å². The number of aromatic nitrogens is 8. The average Bonchev–Trinajstić information content (AvgIpc) is 4.03. The minimum absolute atomic E-state index is 0.131. The summed E-state index contributed by atoms with van der Waals surface area (Å²) in [4.78, 5) is 121. The monoisotopic (exact) mass is 791 g/mol. The van der Waals surface area contributed by atoms with Crippen LogP contribution in [0.15, 0.2) is 50.1 Å². The highest BCUT2D eigenvalue weighted by Gasteiger charge is 2.38. The largest absolute Gasteiger partial charge is 0.480 e. The number of aliphatic carboxylic acids is 1. The Labute approximate surface area is 324 Å². The number of primary amides is 1. The zero-order valence-electron chi connectivity index (χ0n) is 30.6. The highest BCUT2D eigenvalue weighted by atomic mass is 16.4. The van der Waals surface area contributed by atoms with Crippen molar-refractivity contribution in [2.24, 2.45) is 11.5 Å². The maximum atomic E-state index is 14.0. The van der Waals surface area contributed by atoms with Gasteiger partial charge in [-0.05, 0) is 19.3 Å². The van der Waals surface area contributed by atoms with Crippen LogP contribution >= 0.6 is 0 Å². The van der Waals surface area contributed by atoms with E-state index in [2.05, 4.69) is 61.1 Å². The molecule has 0 saturated carbocycles. The van der Waals surface area contributed by atoms with E-state index in [-0.39, 0.29) is 51.5 Å². The Balaban J connectivity index is 1.32. The van der Waals surface area contributed by atoms with Gasteiger partial charge in [-0.25, -0.2) is 24.7 Å². The normalized spacial score (nSPS) is 16.4. The molecular weight excluding hydrogens is 746 g/mol. The van der Waals surface area contributed by atoms with Gasteiger partial charge in [-0.3, -0.25) is 28.8 Å². The van der Waals surface area contributed by atoms with Crippen molar-refractivity contribution in [3.05, 3.63) is 72.9 Å². The summed E-state index contributed by atoms with van der Waals surface area (Å²) in [6.07, 6.45) is 11.3. The van der Waals surface area contributed by atoms with E-state index < -0.39 is 77.7 Å². The number of carbonyl (C=O) groups excluding carboxylic acids is 6. The van der Waals surface area contributed by atoms with E-state index in [9.17, 15) is 38.7 Å². The Morgan fingerprint density at radius 3 is 1.56 bits per heavy atom. The number of nitrogens with one attached hydrogen (secondary N) is 8. The molecule has 4 aromatic heterocycles. The lowest BCUT2D eigenvalue weighted by Crippen LogP contribution is -2.60. The van der Waals surface area contributed by atoms with Crippen molar-refractivity contribution in [1.82, 2.24) is 66.0 Å². The molecule has 304 valence electrons. The van der Waals surface area contributed by atoms with Crippen LogP contribution in [0.1, 0.15) is 48.5 Å². The number of imidazole rings is 4. The number of rotatable bonds is 21. The number of carbonyl (C=O) groups is 7. The molecule has 6 amide bonds. The molecule has 0 unspecified atom stereocenters. The topological polar surface area (TPSA) is 358 Å². The number of carboxylic acid groups (broad SMARTS) is 1. The minimum atomic E-state index is -1.40. The van der Waals surface area contributed by atoms with Crippen LogP contribution in [0.2, 0.25) is 0 Å². The molecule has 4 aromatic rings. The van der Waals surface area contributed by atoms with E-state index in [0.717, 1.165) is 0 Å². The van der Waals surface area contributed by atoms with Gasteiger partial charge in [-0.1, -0.05) is 0 Å². The molecule has 1 fully saturated rings. The third kappa shape index (κ3) is 11.8. The molecule has 0 aliphatic carbocycles. The zero-order chi connectivity index (χ0) is 40.9. The number of amides is 6. The van der Waals surface area contributed by atoms with Gasteiger partial charge in [0.1, 0.15) is 30.2 Å². The van der Waals surface area contributed by atoms with E-state index >= 15 is 0 Å². The van der Waals surface area contributed by atoms with Crippen LogP contribution in [-0.4, -0.2) is 134 Å². The molecule has 13 N–H and O–H groups in total. The summed E-state index contributed by atoms with van der Waals surface area (Å²) in [5.41, 5.74) is 13.5. The lowest BCUT2D eigenvalue weighted by molar-refractivity contribution is -0.142. The van der Waals surface area contributed by atoms with Crippen LogP contribution in [0, 0.1) is 0 Å². The van der Waals surface area contributed by atoms with Gasteiger partial charge in [0.15, 0.2) is 0 Å². The maximum Gasteiger partial charge on any atom is 0.326 e. The maximum absolute atomic E-state index is 14.0. The molecule has 23 heteroatoms. The molecule has 0 spiro atoms. The van der Waals surface area contributed by atoms with Gasteiger partial charge in [0, 0.05) is 86.2 Å². The Morgan fingerprint density at radius 2 is 1.12 bits per heavy atom. The van der Waals surface area contributed by atoms with Gasteiger partial charge in [-0.15, -0.1) is 0 Å². The summed E-state index contributed by atoms with van der Waals surface area (Å²) in [6, 6.07) is -7.48. The van der Waals surface area contributed by atoms with Crippen LogP contribution in [0.25, 0.3) is 0 Å². The standard InChI is InChI=1S/C34H45N15O8/c35-22(6-18-10-37-14-41-18)33(55)49-5-1-2-27(49)32(54)45-23(3-4-28(36)50)29(51)46-24(7-19-11-38-15-42-19)30(52)47-25(8-20-12-39-16-43-20)31(53)48-26(34(56)57)9-21-13-40-17-44-21/h10-17,22-27H,1-9,35H2,(H2,36,50)(H,37,41)(H,38,42)(H,39,43)(H,40,44)(H,45,54)(H,46,51)(H,47,52)(H,48,53)(H,56,57)/t22-,23-,24-,25-,26-,27-/m0/s1. The Kier molecular flexibility index (Phi) is 14.2. The Bertz CT molecular complexity index is 1950. The number of hydrogen-bond acceptors (Lipinski definition) is 12. The van der Waals surface area contributed by atoms with Gasteiger partial charge < -0.3 is 62.7 Å². The quantitative estimate of drug-likeness (QED) is 0.0390. The number of carboxylic acids is 1. The molecule has 23 nitrogen and oxygen atoms in total. The molecule has 6 atom stereocenters. The lowest BCUT2D eigenvalue weighted by atomic mass is 10.0. The number of H-pyrrole nitrogens is 4. The first-order chi connectivity index (χ1) is 27.4. The molecule has 0 aromatic carbocycles. The van der Waals surface area contributed by atoms with Crippen molar-refractivity contribution >= 4 is 41.4 Å². The number of nitrogens with zero attached hydrogens (tertiary/aromatic N) is 5. The summed E-state index contributed by atoms with van der Waals surface area (Å²) in [5, 5.41) is 20.1. The molecule has 0 radical (unpaired) electrons. The van der Waals surface area contributed by atoms with Crippen LogP contribution in [0.5, 0.6) is 0 Å². The lowest BCUT2D eigenvalue weighted by Gasteiger charge is -2.29. The SMILES string of the molecule is NC(=O)CC[C@H](NC(=O)[C@@H]1CCCN1C(=O)[C@@H](N)Cc1cnc[nH]1)C(=O)N[C@@H](Cc1cnc[nH]1)C(=O)N[C@@H](Cc1cnc[nH]1)C(=O)N[C@@H](Cc1cnc[nH]1)C(=O)O. The predicted molar refractivity (Wildman–Crippen MR) is 196 cm³/mol. The second kappa shape index (κ2) is 19.6. The predicted octanol–water partition coefficient (Wildman–Crippen LogP) is -3.54. The number of hydrogen-bond donors (Lipinski definition) is 11. The first kappa shape index (κ1) is 41.3. The van der Waals surface area contributed by atoms with Gasteiger partial charge in [-0.2, -0.15) is 0 Å². The average molecular weight is 792 g/mol. The molecular formula is C34H45N15O8. The van der Waals surface area contributed by atoms with Gasteiger partial charge >= 0.3 is 5.97 Å². The molecule has 1 aliphatic rings. The van der Waals surface area contributed by atoms with E-state index in [1.165, 1.54) is 55.0 Å². The molecule has 0 bridgehead atoms. The second-order valence-corrected chi connectivity index (χ2v) is 13.5. The zero-order valence-corrected chi connectivity index (χ0v) is 30.6. The van der Waals surface area contributed by atoms with Crippen LogP contribution in [-0.2, 0) is 59.2 Å².